The van der Waals surface area contributed by atoms with E-state index in [2.05, 4.69) is 16.5 Å². The van der Waals surface area contributed by atoms with E-state index >= 15 is 0 Å². The predicted molar refractivity (Wildman–Crippen MR) is 76.9 cm³/mol. The molecule has 4 nitrogen and oxygen atoms in total. The van der Waals surface area contributed by atoms with E-state index < -0.39 is 0 Å². The summed E-state index contributed by atoms with van der Waals surface area (Å²) in [5.41, 5.74) is 1.54. The van der Waals surface area contributed by atoms with Crippen LogP contribution in [0, 0.1) is 0 Å². The maximum absolute atomic E-state index is 6.07. The van der Waals surface area contributed by atoms with E-state index in [1.54, 1.807) is 0 Å². The third-order valence-corrected chi connectivity index (χ3v) is 2.78. The Morgan fingerprint density at radius 3 is 2.79 bits per heavy atom. The molecule has 5 heteroatoms. The fourth-order valence-electron chi connectivity index (χ4n) is 1.88. The fourth-order valence-corrected chi connectivity index (χ4v) is 2.07. The van der Waals surface area contributed by atoms with Gasteiger partial charge in [0.1, 0.15) is 10.8 Å². The Bertz CT molecular complexity index is 483. The maximum atomic E-state index is 6.07. The summed E-state index contributed by atoms with van der Waals surface area (Å²) in [5, 5.41) is 0.413. The number of ether oxygens (including phenoxy) is 2. The highest BCUT2D eigenvalue weighted by molar-refractivity contribution is 6.29. The summed E-state index contributed by atoms with van der Waals surface area (Å²) in [6.07, 6.45) is 0. The summed E-state index contributed by atoms with van der Waals surface area (Å²) in [6, 6.07) is 3.70. The van der Waals surface area contributed by atoms with Crippen molar-refractivity contribution >= 4 is 17.3 Å². The molecule has 1 saturated heterocycles. The number of anilines is 1. The summed E-state index contributed by atoms with van der Waals surface area (Å²) in [5.74, 6) is 0.522. The van der Waals surface area contributed by atoms with Gasteiger partial charge >= 0.3 is 0 Å². The van der Waals surface area contributed by atoms with Crippen molar-refractivity contribution in [3.8, 4) is 5.88 Å². The van der Waals surface area contributed by atoms with Crippen molar-refractivity contribution in [1.82, 2.24) is 4.98 Å². The molecule has 104 valence electrons. The molecule has 0 amide bonds. The summed E-state index contributed by atoms with van der Waals surface area (Å²) in [6.45, 7) is 11.9. The van der Waals surface area contributed by atoms with Gasteiger partial charge in [0, 0.05) is 24.0 Å². The van der Waals surface area contributed by atoms with E-state index in [0.29, 0.717) is 24.2 Å². The van der Waals surface area contributed by atoms with Gasteiger partial charge in [-0.2, -0.15) is 0 Å². The molecule has 2 heterocycles. The van der Waals surface area contributed by atoms with Crippen LogP contribution in [0.4, 0.5) is 5.69 Å². The van der Waals surface area contributed by atoms with E-state index in [1.165, 1.54) is 0 Å². The van der Waals surface area contributed by atoms with Crippen molar-refractivity contribution in [2.24, 2.45) is 0 Å². The van der Waals surface area contributed by atoms with Crippen LogP contribution in [0.5, 0.6) is 5.88 Å². The zero-order chi connectivity index (χ0) is 14.0. The lowest BCUT2D eigenvalue weighted by Gasteiger charge is -2.31. The molecule has 0 radical (unpaired) electrons. The molecule has 19 heavy (non-hydrogen) atoms. The highest BCUT2D eigenvalue weighted by atomic mass is 35.5. The minimum Gasteiger partial charge on any atom is -0.472 e. The first-order chi connectivity index (χ1) is 8.85. The first-order valence-corrected chi connectivity index (χ1v) is 6.63. The lowest BCUT2D eigenvalue weighted by Crippen LogP contribution is -2.34. The van der Waals surface area contributed by atoms with Crippen molar-refractivity contribution in [2.45, 2.75) is 26.4 Å². The van der Waals surface area contributed by atoms with Gasteiger partial charge in [-0.05, 0) is 26.8 Å². The Balaban J connectivity index is 2.28. The molecule has 1 aliphatic heterocycles. The average molecular weight is 283 g/mol. The summed E-state index contributed by atoms with van der Waals surface area (Å²) in [7, 11) is 0. The number of aromatic nitrogens is 1. The van der Waals surface area contributed by atoms with Crippen molar-refractivity contribution in [3.05, 3.63) is 29.6 Å². The van der Waals surface area contributed by atoms with Gasteiger partial charge in [0.05, 0.1) is 13.2 Å². The zero-order valence-electron chi connectivity index (χ0n) is 11.6. The fraction of sp³-hybridized carbons (Fsp3) is 0.500. The van der Waals surface area contributed by atoms with Crippen LogP contribution in [0.3, 0.4) is 0 Å². The van der Waals surface area contributed by atoms with Crippen molar-refractivity contribution in [3.63, 3.8) is 0 Å². The van der Waals surface area contributed by atoms with Gasteiger partial charge in [-0.3, -0.25) is 0 Å². The summed E-state index contributed by atoms with van der Waals surface area (Å²) in [4.78, 5) is 6.27. The number of rotatable bonds is 2. The molecule has 0 aromatic carbocycles. The lowest BCUT2D eigenvalue weighted by molar-refractivity contribution is 0.124. The van der Waals surface area contributed by atoms with Gasteiger partial charge in [0.15, 0.2) is 0 Å². The number of hydrogen-bond acceptors (Lipinski definition) is 4. The molecular formula is C14H19ClN2O2. The van der Waals surface area contributed by atoms with Gasteiger partial charge in [0.25, 0.3) is 0 Å². The standard InChI is InChI=1S/C14H19ClN2O2/c1-10-9-18-6-5-17(10)11-7-12(15)16-13(8-11)19-14(2,3)4/h7-8H,1,5-6,9H2,2-4H3. The van der Waals surface area contributed by atoms with Crippen LogP contribution >= 0.6 is 11.6 Å². The van der Waals surface area contributed by atoms with Gasteiger partial charge in [-0.15, -0.1) is 0 Å². The minimum atomic E-state index is -0.309. The van der Waals surface area contributed by atoms with E-state index in [9.17, 15) is 0 Å². The Morgan fingerprint density at radius 2 is 2.16 bits per heavy atom. The lowest BCUT2D eigenvalue weighted by atomic mass is 10.2. The van der Waals surface area contributed by atoms with Gasteiger partial charge < -0.3 is 14.4 Å². The molecular weight excluding hydrogens is 264 g/mol. The molecule has 2 rings (SSSR count). The van der Waals surface area contributed by atoms with E-state index in [0.717, 1.165) is 17.9 Å². The van der Waals surface area contributed by atoms with Crippen LogP contribution in [0.25, 0.3) is 0 Å². The van der Waals surface area contributed by atoms with Crippen LogP contribution in [0.15, 0.2) is 24.4 Å². The van der Waals surface area contributed by atoms with Crippen LogP contribution in [-0.2, 0) is 4.74 Å². The smallest absolute Gasteiger partial charge is 0.217 e. The molecule has 1 aromatic heterocycles. The quantitative estimate of drug-likeness (QED) is 0.780. The predicted octanol–water partition coefficient (Wildman–Crippen LogP) is 3.26. The van der Waals surface area contributed by atoms with Crippen molar-refractivity contribution in [2.75, 3.05) is 24.7 Å². The Hall–Kier alpha value is -1.26. The second kappa shape index (κ2) is 5.39. The van der Waals surface area contributed by atoms with Crippen molar-refractivity contribution < 1.29 is 9.47 Å². The van der Waals surface area contributed by atoms with Crippen molar-refractivity contribution in [1.29, 1.82) is 0 Å². The summed E-state index contributed by atoms with van der Waals surface area (Å²) >= 11 is 6.07. The first kappa shape index (κ1) is 14.2. The number of hydrogen-bond donors (Lipinski definition) is 0. The minimum absolute atomic E-state index is 0.309. The molecule has 1 fully saturated rings. The maximum Gasteiger partial charge on any atom is 0.217 e. The monoisotopic (exact) mass is 282 g/mol. The van der Waals surface area contributed by atoms with Crippen LogP contribution in [0.1, 0.15) is 20.8 Å². The second-order valence-corrected chi connectivity index (χ2v) is 5.86. The largest absolute Gasteiger partial charge is 0.472 e. The molecule has 1 aliphatic rings. The Kier molecular flexibility index (Phi) is 4.02. The number of morpholine rings is 1. The van der Waals surface area contributed by atoms with Gasteiger partial charge in [-0.25, -0.2) is 4.98 Å². The molecule has 0 atom stereocenters. The molecule has 0 saturated carbocycles. The molecule has 0 aliphatic carbocycles. The van der Waals surface area contributed by atoms with Crippen LogP contribution in [0.2, 0.25) is 5.15 Å². The van der Waals surface area contributed by atoms with E-state index in [1.807, 2.05) is 32.9 Å². The third kappa shape index (κ3) is 3.85. The second-order valence-electron chi connectivity index (χ2n) is 5.47. The van der Waals surface area contributed by atoms with Crippen LogP contribution < -0.4 is 9.64 Å². The number of pyridine rings is 1. The van der Waals surface area contributed by atoms with E-state index in [-0.39, 0.29) is 5.60 Å². The molecule has 0 N–H and O–H groups in total. The highest BCUT2D eigenvalue weighted by Crippen LogP contribution is 2.28. The SMILES string of the molecule is C=C1COCCN1c1cc(Cl)nc(OC(C)(C)C)c1. The topological polar surface area (TPSA) is 34.6 Å². The highest BCUT2D eigenvalue weighted by Gasteiger charge is 2.19. The summed E-state index contributed by atoms with van der Waals surface area (Å²) < 4.78 is 11.1. The molecule has 0 spiro atoms. The molecule has 0 bridgehead atoms. The Labute approximate surface area is 119 Å². The number of halogens is 1. The van der Waals surface area contributed by atoms with Gasteiger partial charge in [-0.1, -0.05) is 18.2 Å². The Morgan fingerprint density at radius 1 is 1.42 bits per heavy atom. The third-order valence-electron chi connectivity index (χ3n) is 2.59. The average Bonchev–Trinajstić information content (AvgIpc) is 2.26. The molecule has 0 unspecified atom stereocenters. The molecule has 1 aromatic rings. The normalized spacial score (nSPS) is 16.6. The number of nitrogens with zero attached hydrogens (tertiary/aromatic N) is 2. The van der Waals surface area contributed by atoms with Crippen LogP contribution in [-0.4, -0.2) is 30.3 Å². The van der Waals surface area contributed by atoms with E-state index in [4.69, 9.17) is 21.1 Å². The van der Waals surface area contributed by atoms with Gasteiger partial charge in [0.2, 0.25) is 5.88 Å². The zero-order valence-corrected chi connectivity index (χ0v) is 12.3. The first-order valence-electron chi connectivity index (χ1n) is 6.25.